The lowest BCUT2D eigenvalue weighted by atomic mass is 10.1. The molecule has 0 spiro atoms. The van der Waals surface area contributed by atoms with Gasteiger partial charge in [0.2, 0.25) is 5.91 Å². The zero-order valence-electron chi connectivity index (χ0n) is 11.7. The predicted molar refractivity (Wildman–Crippen MR) is 76.0 cm³/mol. The van der Waals surface area contributed by atoms with Crippen LogP contribution >= 0.6 is 0 Å². The molecule has 0 bridgehead atoms. The maximum absolute atomic E-state index is 11.6. The molecule has 2 N–H and O–H groups in total. The number of amides is 1. The summed E-state index contributed by atoms with van der Waals surface area (Å²) in [5.41, 5.74) is 3.39. The van der Waals surface area contributed by atoms with E-state index in [1.807, 2.05) is 31.1 Å². The minimum Gasteiger partial charge on any atom is -0.376 e. The number of carbonyl (C=O) groups is 1. The first kappa shape index (κ1) is 14.5. The van der Waals surface area contributed by atoms with Gasteiger partial charge in [0.15, 0.2) is 0 Å². The Kier molecular flexibility index (Phi) is 5.65. The Morgan fingerprint density at radius 3 is 2.33 bits per heavy atom. The van der Waals surface area contributed by atoms with Gasteiger partial charge in [-0.1, -0.05) is 6.07 Å². The van der Waals surface area contributed by atoms with Gasteiger partial charge >= 0.3 is 0 Å². The topological polar surface area (TPSA) is 44.4 Å². The molecule has 4 heteroatoms. The number of rotatable bonds is 6. The van der Waals surface area contributed by atoms with Crippen molar-refractivity contribution in [2.75, 3.05) is 39.0 Å². The molecule has 1 aromatic carbocycles. The molecule has 100 valence electrons. The number of hydrogen-bond donors (Lipinski definition) is 2. The van der Waals surface area contributed by atoms with Gasteiger partial charge in [-0.15, -0.1) is 0 Å². The van der Waals surface area contributed by atoms with Gasteiger partial charge in [0, 0.05) is 18.8 Å². The second-order valence-electron chi connectivity index (χ2n) is 4.88. The molecule has 0 aliphatic heterocycles. The van der Waals surface area contributed by atoms with E-state index in [4.69, 9.17) is 0 Å². The Morgan fingerprint density at radius 1 is 1.17 bits per heavy atom. The van der Waals surface area contributed by atoms with Crippen LogP contribution in [0, 0.1) is 13.8 Å². The van der Waals surface area contributed by atoms with E-state index in [2.05, 4.69) is 30.5 Å². The van der Waals surface area contributed by atoms with Gasteiger partial charge in [0.1, 0.15) is 0 Å². The van der Waals surface area contributed by atoms with Crippen molar-refractivity contribution in [2.24, 2.45) is 0 Å². The summed E-state index contributed by atoms with van der Waals surface area (Å²) in [6.45, 7) is 5.96. The number of benzene rings is 1. The van der Waals surface area contributed by atoms with Crippen molar-refractivity contribution in [1.29, 1.82) is 0 Å². The molecule has 0 radical (unpaired) electrons. The maximum atomic E-state index is 11.6. The number of nitrogens with zero attached hydrogens (tertiary/aromatic N) is 1. The number of aryl methyl sites for hydroxylation is 2. The molecular weight excluding hydrogens is 226 g/mol. The van der Waals surface area contributed by atoms with E-state index in [0.29, 0.717) is 13.1 Å². The highest BCUT2D eigenvalue weighted by Gasteiger charge is 2.01. The number of anilines is 1. The maximum Gasteiger partial charge on any atom is 0.239 e. The predicted octanol–water partition coefficient (Wildman–Crippen LogP) is 1.39. The molecule has 1 rings (SSSR count). The second kappa shape index (κ2) is 7.01. The van der Waals surface area contributed by atoms with Crippen LogP contribution in [-0.2, 0) is 4.79 Å². The quantitative estimate of drug-likeness (QED) is 0.801. The van der Waals surface area contributed by atoms with Crippen LogP contribution < -0.4 is 10.6 Å². The summed E-state index contributed by atoms with van der Waals surface area (Å²) < 4.78 is 0. The monoisotopic (exact) mass is 249 g/mol. The van der Waals surface area contributed by atoms with Crippen LogP contribution in [0.5, 0.6) is 0 Å². The minimum atomic E-state index is 0.0241. The fourth-order valence-corrected chi connectivity index (χ4v) is 1.74. The van der Waals surface area contributed by atoms with Crippen LogP contribution in [-0.4, -0.2) is 44.5 Å². The largest absolute Gasteiger partial charge is 0.376 e. The first-order chi connectivity index (χ1) is 8.47. The van der Waals surface area contributed by atoms with E-state index < -0.39 is 0 Å². The zero-order valence-corrected chi connectivity index (χ0v) is 11.7. The van der Waals surface area contributed by atoms with Gasteiger partial charge < -0.3 is 15.5 Å². The standard InChI is InChI=1S/C14H23N3O/c1-11-7-12(2)9-13(8-11)16-10-14(18)15-5-6-17(3)4/h7-9,16H,5-6,10H2,1-4H3,(H,15,18). The van der Waals surface area contributed by atoms with E-state index in [0.717, 1.165) is 12.2 Å². The van der Waals surface area contributed by atoms with Gasteiger partial charge in [-0.2, -0.15) is 0 Å². The molecule has 0 saturated heterocycles. The van der Waals surface area contributed by atoms with Crippen molar-refractivity contribution in [3.8, 4) is 0 Å². The number of nitrogens with one attached hydrogen (secondary N) is 2. The van der Waals surface area contributed by atoms with Crippen LogP contribution in [0.1, 0.15) is 11.1 Å². The molecular formula is C14H23N3O. The summed E-state index contributed by atoms with van der Waals surface area (Å²) in [5.74, 6) is 0.0241. The van der Waals surface area contributed by atoms with Crippen molar-refractivity contribution in [3.63, 3.8) is 0 Å². The average Bonchev–Trinajstić information content (AvgIpc) is 2.24. The molecule has 0 aromatic heterocycles. The molecule has 18 heavy (non-hydrogen) atoms. The minimum absolute atomic E-state index is 0.0241. The smallest absolute Gasteiger partial charge is 0.239 e. The third-order valence-electron chi connectivity index (χ3n) is 2.56. The van der Waals surface area contributed by atoms with Gasteiger partial charge in [0.25, 0.3) is 0 Å². The van der Waals surface area contributed by atoms with Crippen molar-refractivity contribution < 1.29 is 4.79 Å². The highest BCUT2D eigenvalue weighted by atomic mass is 16.1. The van der Waals surface area contributed by atoms with E-state index in [1.54, 1.807) is 0 Å². The normalized spacial score (nSPS) is 10.5. The second-order valence-corrected chi connectivity index (χ2v) is 4.88. The van der Waals surface area contributed by atoms with Gasteiger partial charge in [-0.25, -0.2) is 0 Å². The van der Waals surface area contributed by atoms with E-state index in [-0.39, 0.29) is 5.91 Å². The van der Waals surface area contributed by atoms with Gasteiger partial charge in [0.05, 0.1) is 6.54 Å². The third kappa shape index (κ3) is 5.68. The molecule has 0 saturated carbocycles. The van der Waals surface area contributed by atoms with E-state index >= 15 is 0 Å². The first-order valence-electron chi connectivity index (χ1n) is 6.21. The van der Waals surface area contributed by atoms with Crippen LogP contribution in [0.3, 0.4) is 0 Å². The van der Waals surface area contributed by atoms with Crippen molar-refractivity contribution >= 4 is 11.6 Å². The molecule has 1 amide bonds. The summed E-state index contributed by atoms with van der Waals surface area (Å²) in [6.07, 6.45) is 0. The fourth-order valence-electron chi connectivity index (χ4n) is 1.74. The summed E-state index contributed by atoms with van der Waals surface area (Å²) in [5, 5.41) is 6.01. The SMILES string of the molecule is Cc1cc(C)cc(NCC(=O)NCCN(C)C)c1. The Balaban J connectivity index is 2.33. The molecule has 4 nitrogen and oxygen atoms in total. The summed E-state index contributed by atoms with van der Waals surface area (Å²) in [6, 6.07) is 6.20. The van der Waals surface area contributed by atoms with Crippen LogP contribution in [0.15, 0.2) is 18.2 Å². The molecule has 0 aliphatic rings. The highest BCUT2D eigenvalue weighted by molar-refractivity contribution is 5.80. The summed E-state index contributed by atoms with van der Waals surface area (Å²) in [7, 11) is 3.97. The lowest BCUT2D eigenvalue weighted by Crippen LogP contribution is -2.35. The lowest BCUT2D eigenvalue weighted by molar-refractivity contribution is -0.119. The van der Waals surface area contributed by atoms with Crippen molar-refractivity contribution in [2.45, 2.75) is 13.8 Å². The molecule has 0 fully saturated rings. The molecule has 0 atom stereocenters. The van der Waals surface area contributed by atoms with E-state index in [9.17, 15) is 4.79 Å². The zero-order chi connectivity index (χ0) is 13.5. The number of hydrogen-bond acceptors (Lipinski definition) is 3. The Morgan fingerprint density at radius 2 is 1.78 bits per heavy atom. The third-order valence-corrected chi connectivity index (χ3v) is 2.56. The molecule has 0 heterocycles. The fraction of sp³-hybridized carbons (Fsp3) is 0.500. The number of likely N-dealkylation sites (N-methyl/N-ethyl adjacent to an activating group) is 1. The van der Waals surface area contributed by atoms with Gasteiger partial charge in [-0.3, -0.25) is 4.79 Å². The van der Waals surface area contributed by atoms with Crippen molar-refractivity contribution in [3.05, 3.63) is 29.3 Å². The molecule has 0 aliphatic carbocycles. The van der Waals surface area contributed by atoms with Crippen LogP contribution in [0.25, 0.3) is 0 Å². The highest BCUT2D eigenvalue weighted by Crippen LogP contribution is 2.13. The summed E-state index contributed by atoms with van der Waals surface area (Å²) >= 11 is 0. The lowest BCUT2D eigenvalue weighted by Gasteiger charge is -2.11. The Hall–Kier alpha value is -1.55. The average molecular weight is 249 g/mol. The van der Waals surface area contributed by atoms with E-state index in [1.165, 1.54) is 11.1 Å². The summed E-state index contributed by atoms with van der Waals surface area (Å²) in [4.78, 5) is 13.6. The Labute approximate surface area is 109 Å². The van der Waals surface area contributed by atoms with Crippen LogP contribution in [0.2, 0.25) is 0 Å². The van der Waals surface area contributed by atoms with Crippen LogP contribution in [0.4, 0.5) is 5.69 Å². The van der Waals surface area contributed by atoms with Gasteiger partial charge in [-0.05, 0) is 51.2 Å². The number of carbonyl (C=O) groups excluding carboxylic acids is 1. The molecule has 1 aromatic rings. The Bertz CT molecular complexity index is 382. The first-order valence-corrected chi connectivity index (χ1v) is 6.21. The molecule has 0 unspecified atom stereocenters. The van der Waals surface area contributed by atoms with Crippen molar-refractivity contribution in [1.82, 2.24) is 10.2 Å².